The quantitative estimate of drug-likeness (QED) is 0.837. The molecule has 0 heterocycles. The molecule has 2 heteroatoms. The molecule has 0 bridgehead atoms. The molecule has 0 radical (unpaired) electrons. The molecular formula is C18H31NO. The van der Waals surface area contributed by atoms with E-state index in [1.54, 1.807) is 0 Å². The number of hydrogen-bond donors (Lipinski definition) is 1. The van der Waals surface area contributed by atoms with Crippen molar-refractivity contribution in [2.45, 2.75) is 59.1 Å². The van der Waals surface area contributed by atoms with Gasteiger partial charge in [-0.15, -0.1) is 0 Å². The Morgan fingerprint density at radius 1 is 1.10 bits per heavy atom. The highest BCUT2D eigenvalue weighted by atomic mass is 16.5. The van der Waals surface area contributed by atoms with Crippen LogP contribution in [0.2, 0.25) is 0 Å². The van der Waals surface area contributed by atoms with Gasteiger partial charge in [0.2, 0.25) is 0 Å². The van der Waals surface area contributed by atoms with Gasteiger partial charge in [-0.1, -0.05) is 58.9 Å². The van der Waals surface area contributed by atoms with Gasteiger partial charge >= 0.3 is 0 Å². The van der Waals surface area contributed by atoms with Crippen LogP contribution in [0.5, 0.6) is 0 Å². The van der Waals surface area contributed by atoms with Crippen molar-refractivity contribution in [3.05, 3.63) is 35.4 Å². The summed E-state index contributed by atoms with van der Waals surface area (Å²) in [4.78, 5) is 0. The summed E-state index contributed by atoms with van der Waals surface area (Å²) in [6.45, 7) is 14.0. The summed E-state index contributed by atoms with van der Waals surface area (Å²) in [7, 11) is 2.01. The van der Waals surface area contributed by atoms with Gasteiger partial charge in [-0.25, -0.2) is 0 Å². The molecule has 0 aromatic heterocycles. The predicted molar refractivity (Wildman–Crippen MR) is 87.2 cm³/mol. The first-order chi connectivity index (χ1) is 9.31. The smallest absolute Gasteiger partial charge is 0.0792 e. The van der Waals surface area contributed by atoms with Crippen molar-refractivity contribution >= 4 is 0 Å². The van der Waals surface area contributed by atoms with Crippen molar-refractivity contribution in [3.63, 3.8) is 0 Å². The van der Waals surface area contributed by atoms with Crippen LogP contribution in [0.4, 0.5) is 0 Å². The van der Waals surface area contributed by atoms with E-state index in [0.29, 0.717) is 5.92 Å². The molecule has 2 atom stereocenters. The van der Waals surface area contributed by atoms with Gasteiger partial charge in [0.05, 0.1) is 12.1 Å². The molecule has 2 unspecified atom stereocenters. The number of hydrogen-bond acceptors (Lipinski definition) is 2. The van der Waals surface area contributed by atoms with Crippen LogP contribution in [-0.4, -0.2) is 19.8 Å². The SMILES string of the molecule is CCOC(C(C)C)C(NC)c1ccc(C(C)(C)C)cc1. The fraction of sp³-hybridized carbons (Fsp3) is 0.667. The highest BCUT2D eigenvalue weighted by Gasteiger charge is 2.25. The normalized spacial score (nSPS) is 15.4. The van der Waals surface area contributed by atoms with E-state index in [9.17, 15) is 0 Å². The average Bonchev–Trinajstić information content (AvgIpc) is 2.38. The van der Waals surface area contributed by atoms with E-state index < -0.39 is 0 Å². The summed E-state index contributed by atoms with van der Waals surface area (Å²) in [6, 6.07) is 9.18. The maximum atomic E-state index is 5.95. The van der Waals surface area contributed by atoms with Gasteiger partial charge in [0.1, 0.15) is 0 Å². The summed E-state index contributed by atoms with van der Waals surface area (Å²) in [5.41, 5.74) is 2.87. The first-order valence-corrected chi connectivity index (χ1v) is 7.70. The van der Waals surface area contributed by atoms with Crippen LogP contribution in [0.15, 0.2) is 24.3 Å². The molecule has 0 saturated carbocycles. The van der Waals surface area contributed by atoms with Crippen LogP contribution in [0.1, 0.15) is 58.7 Å². The minimum Gasteiger partial charge on any atom is -0.376 e. The second-order valence-corrected chi connectivity index (χ2v) is 6.80. The summed E-state index contributed by atoms with van der Waals surface area (Å²) < 4.78 is 5.95. The predicted octanol–water partition coefficient (Wildman–Crippen LogP) is 4.31. The van der Waals surface area contributed by atoms with Crippen molar-refractivity contribution in [2.75, 3.05) is 13.7 Å². The zero-order valence-corrected chi connectivity index (χ0v) is 14.2. The highest BCUT2D eigenvalue weighted by Crippen LogP contribution is 2.28. The molecule has 0 aliphatic heterocycles. The number of likely N-dealkylation sites (N-methyl/N-ethyl adjacent to an activating group) is 1. The van der Waals surface area contributed by atoms with Gasteiger partial charge in [0.15, 0.2) is 0 Å². The molecule has 0 amide bonds. The molecule has 1 rings (SSSR count). The Hall–Kier alpha value is -0.860. The van der Waals surface area contributed by atoms with Gasteiger partial charge in [0, 0.05) is 6.61 Å². The Balaban J connectivity index is 3.00. The van der Waals surface area contributed by atoms with E-state index in [1.807, 2.05) is 7.05 Å². The molecule has 0 fully saturated rings. The van der Waals surface area contributed by atoms with E-state index in [-0.39, 0.29) is 17.6 Å². The third-order valence-electron chi connectivity index (χ3n) is 3.79. The van der Waals surface area contributed by atoms with Gasteiger partial charge in [-0.05, 0) is 36.4 Å². The number of rotatable bonds is 6. The zero-order valence-electron chi connectivity index (χ0n) is 14.2. The largest absolute Gasteiger partial charge is 0.376 e. The van der Waals surface area contributed by atoms with Gasteiger partial charge < -0.3 is 10.1 Å². The van der Waals surface area contributed by atoms with E-state index >= 15 is 0 Å². The van der Waals surface area contributed by atoms with E-state index in [1.165, 1.54) is 11.1 Å². The highest BCUT2D eigenvalue weighted by molar-refractivity contribution is 5.29. The molecule has 0 aliphatic rings. The lowest BCUT2D eigenvalue weighted by Crippen LogP contribution is -2.35. The molecule has 0 saturated heterocycles. The van der Waals surface area contributed by atoms with E-state index in [0.717, 1.165) is 6.61 Å². The van der Waals surface area contributed by atoms with Gasteiger partial charge in [0.25, 0.3) is 0 Å². The van der Waals surface area contributed by atoms with Gasteiger partial charge in [-0.2, -0.15) is 0 Å². The fourth-order valence-corrected chi connectivity index (χ4v) is 2.58. The second kappa shape index (κ2) is 7.24. The second-order valence-electron chi connectivity index (χ2n) is 6.80. The van der Waals surface area contributed by atoms with Crippen molar-refractivity contribution in [1.29, 1.82) is 0 Å². The van der Waals surface area contributed by atoms with E-state index in [2.05, 4.69) is 71.1 Å². The minimum atomic E-state index is 0.199. The molecule has 1 aromatic rings. The van der Waals surface area contributed by atoms with Crippen LogP contribution in [-0.2, 0) is 10.2 Å². The Bertz CT molecular complexity index is 389. The Morgan fingerprint density at radius 2 is 1.65 bits per heavy atom. The first kappa shape index (κ1) is 17.2. The van der Waals surface area contributed by atoms with Crippen LogP contribution in [0, 0.1) is 5.92 Å². The molecule has 1 N–H and O–H groups in total. The summed E-state index contributed by atoms with van der Waals surface area (Å²) in [5.74, 6) is 0.481. The number of nitrogens with one attached hydrogen (secondary N) is 1. The third kappa shape index (κ3) is 4.32. The molecule has 114 valence electrons. The lowest BCUT2D eigenvalue weighted by atomic mass is 9.85. The fourth-order valence-electron chi connectivity index (χ4n) is 2.58. The maximum absolute atomic E-state index is 5.95. The Labute approximate surface area is 124 Å². The Morgan fingerprint density at radius 3 is 2.00 bits per heavy atom. The number of benzene rings is 1. The monoisotopic (exact) mass is 277 g/mol. The van der Waals surface area contributed by atoms with Crippen molar-refractivity contribution in [1.82, 2.24) is 5.32 Å². The summed E-state index contributed by atoms with van der Waals surface area (Å²) in [6.07, 6.45) is 0.200. The minimum absolute atomic E-state index is 0.199. The van der Waals surface area contributed by atoms with Crippen LogP contribution >= 0.6 is 0 Å². The molecule has 1 aromatic carbocycles. The van der Waals surface area contributed by atoms with E-state index in [4.69, 9.17) is 4.74 Å². The summed E-state index contributed by atoms with van der Waals surface area (Å²) >= 11 is 0. The third-order valence-corrected chi connectivity index (χ3v) is 3.79. The number of ether oxygens (including phenoxy) is 1. The standard InChI is InChI=1S/C18H31NO/c1-8-20-17(13(2)3)16(19-7)14-9-11-15(12-10-14)18(4,5)6/h9-13,16-17,19H,8H2,1-7H3. The average molecular weight is 277 g/mol. The van der Waals surface area contributed by atoms with Crippen molar-refractivity contribution in [2.24, 2.45) is 5.92 Å². The maximum Gasteiger partial charge on any atom is 0.0792 e. The first-order valence-electron chi connectivity index (χ1n) is 7.70. The van der Waals surface area contributed by atoms with Crippen LogP contribution < -0.4 is 5.32 Å². The lowest BCUT2D eigenvalue weighted by molar-refractivity contribution is 0.00460. The zero-order chi connectivity index (χ0) is 15.3. The van der Waals surface area contributed by atoms with Gasteiger partial charge in [-0.3, -0.25) is 0 Å². The topological polar surface area (TPSA) is 21.3 Å². The van der Waals surface area contributed by atoms with Crippen LogP contribution in [0.25, 0.3) is 0 Å². The summed E-state index contributed by atoms with van der Waals surface area (Å²) in [5, 5.41) is 3.42. The lowest BCUT2D eigenvalue weighted by Gasteiger charge is -2.30. The molecule has 2 nitrogen and oxygen atoms in total. The molecular weight excluding hydrogens is 246 g/mol. The molecule has 0 spiro atoms. The Kier molecular flexibility index (Phi) is 6.22. The molecule has 20 heavy (non-hydrogen) atoms. The van der Waals surface area contributed by atoms with Crippen LogP contribution in [0.3, 0.4) is 0 Å². The van der Waals surface area contributed by atoms with Crippen molar-refractivity contribution < 1.29 is 4.74 Å². The molecule has 0 aliphatic carbocycles. The van der Waals surface area contributed by atoms with Crippen molar-refractivity contribution in [3.8, 4) is 0 Å².